The number of aromatic nitrogens is 4. The number of nitrogens with zero attached hydrogens (tertiary/aromatic N) is 3. The van der Waals surface area contributed by atoms with Crippen LogP contribution in [0.15, 0.2) is 18.2 Å². The molecule has 2 N–H and O–H groups in total. The summed E-state index contributed by atoms with van der Waals surface area (Å²) in [7, 11) is 0. The van der Waals surface area contributed by atoms with Gasteiger partial charge in [0, 0.05) is 11.3 Å². The number of aryl methyl sites for hydroxylation is 3. The van der Waals surface area contributed by atoms with E-state index in [2.05, 4.69) is 45.4 Å². The zero-order chi connectivity index (χ0) is 15.8. The highest BCUT2D eigenvalue weighted by molar-refractivity contribution is 5.78. The van der Waals surface area contributed by atoms with Crippen molar-refractivity contribution >= 4 is 16.9 Å². The van der Waals surface area contributed by atoms with Crippen LogP contribution < -0.4 is 5.32 Å². The average molecular weight is 307 g/mol. The number of fused-ring (bicyclic) bond motifs is 2. The van der Waals surface area contributed by atoms with Gasteiger partial charge < -0.3 is 10.3 Å². The summed E-state index contributed by atoms with van der Waals surface area (Å²) in [4.78, 5) is 17.3. The van der Waals surface area contributed by atoms with Gasteiger partial charge in [0.2, 0.25) is 0 Å². The van der Waals surface area contributed by atoms with Crippen molar-refractivity contribution < 1.29 is 0 Å². The summed E-state index contributed by atoms with van der Waals surface area (Å²) in [6, 6.07) is 6.21. The van der Waals surface area contributed by atoms with Crippen LogP contribution in [0.4, 0.5) is 5.82 Å². The number of anilines is 1. The summed E-state index contributed by atoms with van der Waals surface area (Å²) in [5.74, 6) is 2.76. The molecule has 0 unspecified atom stereocenters. The molecule has 118 valence electrons. The van der Waals surface area contributed by atoms with Crippen molar-refractivity contribution in [3.8, 4) is 0 Å². The second kappa shape index (κ2) is 5.65. The molecule has 0 aliphatic heterocycles. The summed E-state index contributed by atoms with van der Waals surface area (Å²) in [5, 5.41) is 3.47. The second-order valence-corrected chi connectivity index (χ2v) is 6.26. The summed E-state index contributed by atoms with van der Waals surface area (Å²) in [6.07, 6.45) is 4.58. The van der Waals surface area contributed by atoms with Crippen LogP contribution in [-0.4, -0.2) is 19.9 Å². The minimum absolute atomic E-state index is 0.650. The van der Waals surface area contributed by atoms with Crippen LogP contribution in [0.5, 0.6) is 0 Å². The van der Waals surface area contributed by atoms with E-state index < -0.39 is 0 Å². The van der Waals surface area contributed by atoms with E-state index in [4.69, 9.17) is 4.98 Å². The van der Waals surface area contributed by atoms with Crippen LogP contribution in [0.2, 0.25) is 0 Å². The number of H-pyrrole nitrogens is 1. The van der Waals surface area contributed by atoms with E-state index in [0.29, 0.717) is 6.54 Å². The number of benzene rings is 1. The molecular weight excluding hydrogens is 286 g/mol. The third kappa shape index (κ3) is 2.67. The Morgan fingerprint density at radius 1 is 1.09 bits per heavy atom. The van der Waals surface area contributed by atoms with Gasteiger partial charge in [0.15, 0.2) is 0 Å². The van der Waals surface area contributed by atoms with E-state index in [1.807, 2.05) is 6.92 Å². The number of hydrogen-bond acceptors (Lipinski definition) is 4. The van der Waals surface area contributed by atoms with Gasteiger partial charge in [-0.05, 0) is 51.2 Å². The lowest BCUT2D eigenvalue weighted by molar-refractivity contribution is 0.659. The minimum Gasteiger partial charge on any atom is -0.363 e. The van der Waals surface area contributed by atoms with Gasteiger partial charge in [-0.3, -0.25) is 0 Å². The topological polar surface area (TPSA) is 66.5 Å². The Kier molecular flexibility index (Phi) is 3.48. The molecule has 1 aliphatic carbocycles. The molecule has 5 heteroatoms. The zero-order valence-electron chi connectivity index (χ0n) is 13.6. The van der Waals surface area contributed by atoms with Gasteiger partial charge in [-0.15, -0.1) is 0 Å². The van der Waals surface area contributed by atoms with E-state index in [1.165, 1.54) is 29.7 Å². The molecule has 3 aromatic rings. The first-order valence-electron chi connectivity index (χ1n) is 8.25. The molecule has 2 heterocycles. The number of para-hydroxylation sites is 1. The van der Waals surface area contributed by atoms with Crippen molar-refractivity contribution in [3.63, 3.8) is 0 Å². The molecule has 0 radical (unpaired) electrons. The maximum absolute atomic E-state index is 4.70. The Labute approximate surface area is 135 Å². The molecule has 0 saturated carbocycles. The molecule has 23 heavy (non-hydrogen) atoms. The SMILES string of the molecule is Cc1nc2c(c(NCc3nc4c(C)cccc4[nH]3)n1)CCCC2. The second-order valence-electron chi connectivity index (χ2n) is 6.26. The smallest absolute Gasteiger partial charge is 0.133 e. The number of hydrogen-bond donors (Lipinski definition) is 2. The van der Waals surface area contributed by atoms with E-state index in [1.54, 1.807) is 0 Å². The van der Waals surface area contributed by atoms with Crippen molar-refractivity contribution in [3.05, 3.63) is 46.7 Å². The Morgan fingerprint density at radius 2 is 1.96 bits per heavy atom. The Hall–Kier alpha value is -2.43. The lowest BCUT2D eigenvalue weighted by Gasteiger charge is -2.18. The van der Waals surface area contributed by atoms with Crippen molar-refractivity contribution in [2.24, 2.45) is 0 Å². The molecule has 1 aliphatic rings. The van der Waals surface area contributed by atoms with Gasteiger partial charge in [-0.1, -0.05) is 12.1 Å². The lowest BCUT2D eigenvalue weighted by atomic mass is 9.96. The van der Waals surface area contributed by atoms with Gasteiger partial charge in [-0.25, -0.2) is 15.0 Å². The highest BCUT2D eigenvalue weighted by atomic mass is 15.1. The van der Waals surface area contributed by atoms with Gasteiger partial charge in [0.25, 0.3) is 0 Å². The summed E-state index contributed by atoms with van der Waals surface area (Å²) < 4.78 is 0. The first-order chi connectivity index (χ1) is 11.2. The molecule has 2 aromatic heterocycles. The Morgan fingerprint density at radius 3 is 2.83 bits per heavy atom. The molecule has 0 fully saturated rings. The number of rotatable bonds is 3. The summed E-state index contributed by atoms with van der Waals surface area (Å²) in [6.45, 7) is 4.70. The minimum atomic E-state index is 0.650. The van der Waals surface area contributed by atoms with Crippen molar-refractivity contribution in [1.29, 1.82) is 0 Å². The number of imidazole rings is 1. The normalized spacial score (nSPS) is 14.0. The third-order valence-electron chi connectivity index (χ3n) is 4.48. The monoisotopic (exact) mass is 307 g/mol. The molecule has 5 nitrogen and oxygen atoms in total. The fourth-order valence-electron chi connectivity index (χ4n) is 3.34. The van der Waals surface area contributed by atoms with E-state index in [9.17, 15) is 0 Å². The van der Waals surface area contributed by atoms with Crippen LogP contribution in [0.1, 0.15) is 41.3 Å². The highest BCUT2D eigenvalue weighted by Gasteiger charge is 2.17. The van der Waals surface area contributed by atoms with Gasteiger partial charge >= 0.3 is 0 Å². The maximum Gasteiger partial charge on any atom is 0.133 e. The van der Waals surface area contributed by atoms with Crippen LogP contribution in [0.3, 0.4) is 0 Å². The van der Waals surface area contributed by atoms with Crippen molar-refractivity contribution in [1.82, 2.24) is 19.9 Å². The van der Waals surface area contributed by atoms with Crippen molar-refractivity contribution in [2.75, 3.05) is 5.32 Å². The van der Waals surface area contributed by atoms with E-state index >= 15 is 0 Å². The number of nitrogens with one attached hydrogen (secondary N) is 2. The fraction of sp³-hybridized carbons (Fsp3) is 0.389. The van der Waals surface area contributed by atoms with Crippen LogP contribution in [-0.2, 0) is 19.4 Å². The van der Waals surface area contributed by atoms with Crippen molar-refractivity contribution in [2.45, 2.75) is 46.1 Å². The number of aromatic amines is 1. The first-order valence-corrected chi connectivity index (χ1v) is 8.25. The predicted octanol–water partition coefficient (Wildman–Crippen LogP) is 3.46. The van der Waals surface area contributed by atoms with E-state index in [0.717, 1.165) is 41.3 Å². The summed E-state index contributed by atoms with van der Waals surface area (Å²) >= 11 is 0. The zero-order valence-corrected chi connectivity index (χ0v) is 13.6. The largest absolute Gasteiger partial charge is 0.363 e. The highest BCUT2D eigenvalue weighted by Crippen LogP contribution is 2.25. The fourth-order valence-corrected chi connectivity index (χ4v) is 3.34. The van der Waals surface area contributed by atoms with Crippen LogP contribution in [0, 0.1) is 13.8 Å². The van der Waals surface area contributed by atoms with Crippen LogP contribution in [0.25, 0.3) is 11.0 Å². The molecule has 0 atom stereocenters. The maximum atomic E-state index is 4.70. The first kappa shape index (κ1) is 14.2. The van der Waals surface area contributed by atoms with Gasteiger partial charge in [-0.2, -0.15) is 0 Å². The van der Waals surface area contributed by atoms with Crippen LogP contribution >= 0.6 is 0 Å². The molecule has 0 saturated heterocycles. The molecule has 0 amide bonds. The Bertz CT molecular complexity index is 865. The average Bonchev–Trinajstić information content (AvgIpc) is 2.97. The van der Waals surface area contributed by atoms with Gasteiger partial charge in [0.1, 0.15) is 17.5 Å². The molecule has 1 aromatic carbocycles. The summed E-state index contributed by atoms with van der Waals surface area (Å²) in [5.41, 5.74) is 5.83. The lowest BCUT2D eigenvalue weighted by Crippen LogP contribution is -2.14. The molecule has 0 spiro atoms. The quantitative estimate of drug-likeness (QED) is 0.777. The van der Waals surface area contributed by atoms with Gasteiger partial charge in [0.05, 0.1) is 17.6 Å². The standard InChI is InChI=1S/C18H21N5/c1-11-6-5-9-15-17(11)23-16(22-15)10-19-18-13-7-3-4-8-14(13)20-12(2)21-18/h5-6,9H,3-4,7-8,10H2,1-2H3,(H,22,23)(H,19,20,21). The molecular formula is C18H21N5. The molecule has 0 bridgehead atoms. The third-order valence-corrected chi connectivity index (χ3v) is 4.48. The Balaban J connectivity index is 1.61. The predicted molar refractivity (Wildman–Crippen MR) is 91.6 cm³/mol. The van der Waals surface area contributed by atoms with E-state index in [-0.39, 0.29) is 0 Å². The molecule has 4 rings (SSSR count).